The van der Waals surface area contributed by atoms with Crippen LogP contribution >= 0.6 is 0 Å². The van der Waals surface area contributed by atoms with E-state index in [0.717, 1.165) is 17.8 Å². The summed E-state index contributed by atoms with van der Waals surface area (Å²) in [5.74, 6) is 2.49. The summed E-state index contributed by atoms with van der Waals surface area (Å²) in [7, 11) is -1.67. The second kappa shape index (κ2) is 7.27. The minimum atomic E-state index is -1.67. The summed E-state index contributed by atoms with van der Waals surface area (Å²) in [6, 6.07) is 0. The lowest BCUT2D eigenvalue weighted by Crippen LogP contribution is -2.50. The Morgan fingerprint density at radius 3 is 2.50 bits per heavy atom. The Balaban J connectivity index is 2.13. The number of hydrogen-bond donors (Lipinski definition) is 0. The first-order chi connectivity index (χ1) is 11.0. The van der Waals surface area contributed by atoms with Gasteiger partial charge in [0.25, 0.3) is 0 Å². The Morgan fingerprint density at radius 2 is 1.92 bits per heavy atom. The third-order valence-corrected chi connectivity index (χ3v) is 12.4. The van der Waals surface area contributed by atoms with Gasteiger partial charge in [-0.3, -0.25) is 0 Å². The monoisotopic (exact) mass is 350 g/mol. The summed E-state index contributed by atoms with van der Waals surface area (Å²) in [6.07, 6.45) is 12.0. The maximum absolute atomic E-state index is 6.95. The van der Waals surface area contributed by atoms with Gasteiger partial charge < -0.3 is 4.43 Å². The van der Waals surface area contributed by atoms with Gasteiger partial charge >= 0.3 is 0 Å². The first-order valence-electron chi connectivity index (χ1n) is 10.3. The molecule has 0 aromatic heterocycles. The molecule has 0 spiro atoms. The minimum absolute atomic E-state index is 0.316. The normalized spacial score (nSPS) is 35.5. The molecule has 0 aromatic rings. The number of fused-ring (bicyclic) bond motifs is 1. The van der Waals surface area contributed by atoms with Crippen LogP contribution in [0.1, 0.15) is 79.6 Å². The van der Waals surface area contributed by atoms with Crippen LogP contribution in [0.4, 0.5) is 0 Å². The smallest absolute Gasteiger partial charge is 0.192 e. The van der Waals surface area contributed by atoms with E-state index in [4.69, 9.17) is 4.43 Å². The van der Waals surface area contributed by atoms with Crippen molar-refractivity contribution in [2.75, 3.05) is 0 Å². The Labute approximate surface area is 152 Å². The van der Waals surface area contributed by atoms with Gasteiger partial charge in [-0.15, -0.1) is 6.58 Å². The number of hydrogen-bond acceptors (Lipinski definition) is 1. The van der Waals surface area contributed by atoms with Crippen LogP contribution < -0.4 is 0 Å². The van der Waals surface area contributed by atoms with E-state index in [2.05, 4.69) is 60.4 Å². The molecule has 2 rings (SSSR count). The fourth-order valence-electron chi connectivity index (χ4n) is 5.37. The summed E-state index contributed by atoms with van der Waals surface area (Å²) in [6.45, 7) is 21.0. The van der Waals surface area contributed by atoms with E-state index in [1.807, 2.05) is 0 Å². The van der Waals surface area contributed by atoms with E-state index in [1.54, 1.807) is 0 Å². The highest BCUT2D eigenvalue weighted by Crippen LogP contribution is 2.59. The third kappa shape index (κ3) is 3.85. The standard InChI is InChI=1S/C22H42OSi/c1-9-10-12-17(2)18-14-15-19-20(13-11-16-22(18,19)6)23-24(7,8)21(3,4)5/h9,17-20H,1,10-16H2,2-8H3/t17-,18-,19+,20+,22-/m1/s1. The fourth-order valence-corrected chi connectivity index (χ4v) is 6.77. The van der Waals surface area contributed by atoms with Crippen molar-refractivity contribution in [3.63, 3.8) is 0 Å². The zero-order valence-corrected chi connectivity index (χ0v) is 18.5. The van der Waals surface area contributed by atoms with Crippen molar-refractivity contribution >= 4 is 8.32 Å². The average Bonchev–Trinajstić information content (AvgIpc) is 2.81. The summed E-state index contributed by atoms with van der Waals surface area (Å²) in [5.41, 5.74) is 0.506. The minimum Gasteiger partial charge on any atom is -0.414 e. The topological polar surface area (TPSA) is 9.23 Å². The molecule has 2 fully saturated rings. The Hall–Kier alpha value is -0.0831. The Morgan fingerprint density at radius 1 is 1.25 bits per heavy atom. The van der Waals surface area contributed by atoms with Gasteiger partial charge in [-0.1, -0.05) is 47.1 Å². The molecule has 2 aliphatic rings. The van der Waals surface area contributed by atoms with Crippen LogP contribution in [0.5, 0.6) is 0 Å². The van der Waals surface area contributed by atoms with E-state index in [1.165, 1.54) is 44.9 Å². The second-order valence-corrected chi connectivity index (χ2v) is 15.2. The van der Waals surface area contributed by atoms with Crippen LogP contribution in [0.25, 0.3) is 0 Å². The lowest BCUT2D eigenvalue weighted by molar-refractivity contribution is -0.0209. The predicted octanol–water partition coefficient (Wildman–Crippen LogP) is 7.20. The van der Waals surface area contributed by atoms with Gasteiger partial charge in [-0.25, -0.2) is 0 Å². The summed E-state index contributed by atoms with van der Waals surface area (Å²) in [4.78, 5) is 0. The van der Waals surface area contributed by atoms with Crippen LogP contribution in [0.2, 0.25) is 18.1 Å². The molecule has 0 heterocycles. The average molecular weight is 351 g/mol. The van der Waals surface area contributed by atoms with Gasteiger partial charge in [-0.2, -0.15) is 0 Å². The highest BCUT2D eigenvalue weighted by molar-refractivity contribution is 6.74. The van der Waals surface area contributed by atoms with Crippen LogP contribution in [0.15, 0.2) is 12.7 Å². The molecule has 1 nitrogen and oxygen atoms in total. The van der Waals surface area contributed by atoms with E-state index in [-0.39, 0.29) is 0 Å². The highest BCUT2D eigenvalue weighted by Gasteiger charge is 2.54. The van der Waals surface area contributed by atoms with Gasteiger partial charge in [0.1, 0.15) is 0 Å². The van der Waals surface area contributed by atoms with Gasteiger partial charge in [0.15, 0.2) is 8.32 Å². The van der Waals surface area contributed by atoms with E-state index < -0.39 is 8.32 Å². The molecule has 0 radical (unpaired) electrons. The van der Waals surface area contributed by atoms with E-state index in [0.29, 0.717) is 16.6 Å². The van der Waals surface area contributed by atoms with Crippen LogP contribution in [-0.2, 0) is 4.43 Å². The molecule has 0 bridgehead atoms. The lowest BCUT2D eigenvalue weighted by Gasteiger charge is -2.50. The van der Waals surface area contributed by atoms with Crippen molar-refractivity contribution in [2.24, 2.45) is 23.2 Å². The molecule has 0 aliphatic heterocycles. The van der Waals surface area contributed by atoms with Crippen LogP contribution in [0.3, 0.4) is 0 Å². The maximum atomic E-state index is 6.95. The van der Waals surface area contributed by atoms with Crippen molar-refractivity contribution in [1.82, 2.24) is 0 Å². The zero-order valence-electron chi connectivity index (χ0n) is 17.5. The molecule has 140 valence electrons. The Kier molecular flexibility index (Phi) is 6.13. The summed E-state index contributed by atoms with van der Waals surface area (Å²) >= 11 is 0. The second-order valence-electron chi connectivity index (χ2n) is 10.4. The van der Waals surface area contributed by atoms with E-state index in [9.17, 15) is 0 Å². The molecule has 2 heteroatoms. The first-order valence-corrected chi connectivity index (χ1v) is 13.2. The number of rotatable bonds is 6. The maximum Gasteiger partial charge on any atom is 0.192 e. The molecule has 0 aromatic carbocycles. The third-order valence-electron chi connectivity index (χ3n) is 7.90. The van der Waals surface area contributed by atoms with Crippen molar-refractivity contribution in [2.45, 2.75) is 104 Å². The van der Waals surface area contributed by atoms with E-state index >= 15 is 0 Å². The fraction of sp³-hybridized carbons (Fsp3) is 0.909. The molecule has 0 unspecified atom stereocenters. The quantitative estimate of drug-likeness (QED) is 0.363. The van der Waals surface area contributed by atoms with Gasteiger partial charge in [0.05, 0.1) is 0 Å². The van der Waals surface area contributed by atoms with Gasteiger partial charge in [-0.05, 0) is 79.8 Å². The molecular weight excluding hydrogens is 308 g/mol. The molecular formula is C22H42OSi. The molecule has 0 N–H and O–H groups in total. The highest BCUT2D eigenvalue weighted by atomic mass is 28.4. The van der Waals surface area contributed by atoms with Crippen molar-refractivity contribution in [3.8, 4) is 0 Å². The predicted molar refractivity (Wildman–Crippen MR) is 109 cm³/mol. The van der Waals surface area contributed by atoms with Crippen molar-refractivity contribution in [1.29, 1.82) is 0 Å². The van der Waals surface area contributed by atoms with Gasteiger partial charge in [0, 0.05) is 6.10 Å². The molecule has 0 saturated heterocycles. The van der Waals surface area contributed by atoms with Crippen LogP contribution in [0, 0.1) is 23.2 Å². The van der Waals surface area contributed by atoms with Crippen LogP contribution in [-0.4, -0.2) is 14.4 Å². The summed E-state index contributed by atoms with van der Waals surface area (Å²) < 4.78 is 6.95. The molecule has 0 amide bonds. The van der Waals surface area contributed by atoms with Crippen molar-refractivity contribution in [3.05, 3.63) is 12.7 Å². The molecule has 24 heavy (non-hydrogen) atoms. The zero-order chi connectivity index (χ0) is 18.2. The van der Waals surface area contributed by atoms with Gasteiger partial charge in [0.2, 0.25) is 0 Å². The van der Waals surface area contributed by atoms with Crippen molar-refractivity contribution < 1.29 is 4.43 Å². The Bertz CT molecular complexity index is 436. The molecule has 2 saturated carbocycles. The number of allylic oxidation sites excluding steroid dienone is 1. The first kappa shape index (κ1) is 20.2. The molecule has 2 aliphatic carbocycles. The SMILES string of the molecule is C=CCC[C@@H](C)[C@H]1CC[C@H]2[C@@H](O[Si](C)(C)C(C)(C)C)CCC[C@]12C. The lowest BCUT2D eigenvalue weighted by atomic mass is 9.61. The largest absolute Gasteiger partial charge is 0.414 e. The molecule has 5 atom stereocenters. The summed E-state index contributed by atoms with van der Waals surface area (Å²) in [5, 5.41) is 0.316.